The number of amides is 1. The van der Waals surface area contributed by atoms with E-state index in [4.69, 9.17) is 14.2 Å². The lowest BCUT2D eigenvalue weighted by molar-refractivity contribution is -0.113. The molecule has 2 aromatic heterocycles. The number of rotatable bonds is 10. The first-order valence-corrected chi connectivity index (χ1v) is 14.2. The third-order valence-corrected chi connectivity index (χ3v) is 8.36. The maximum absolute atomic E-state index is 12.9. The summed E-state index contributed by atoms with van der Waals surface area (Å²) in [5.74, 6) is 1.67. The first-order chi connectivity index (χ1) is 18.0. The number of carbonyl (C=O) groups excluding carboxylic acids is 2. The summed E-state index contributed by atoms with van der Waals surface area (Å²) in [5.41, 5.74) is 1.55. The number of nitrogens with zero attached hydrogens (tertiary/aromatic N) is 3. The van der Waals surface area contributed by atoms with Gasteiger partial charge >= 0.3 is 5.97 Å². The number of aryl methyl sites for hydroxylation is 1. The summed E-state index contributed by atoms with van der Waals surface area (Å²) in [7, 11) is 3.00. The molecule has 0 fully saturated rings. The van der Waals surface area contributed by atoms with Crippen molar-refractivity contribution in [3.8, 4) is 11.5 Å². The molecule has 0 bridgehead atoms. The number of nitrogens with one attached hydrogen (secondary N) is 1. The third kappa shape index (κ3) is 6.64. The van der Waals surface area contributed by atoms with Crippen molar-refractivity contribution in [2.75, 3.05) is 25.3 Å². The van der Waals surface area contributed by atoms with Crippen molar-refractivity contribution in [3.05, 3.63) is 46.1 Å². The van der Waals surface area contributed by atoms with Crippen molar-refractivity contribution in [2.45, 2.75) is 63.8 Å². The molecule has 11 heteroatoms. The fourth-order valence-electron chi connectivity index (χ4n) is 4.29. The lowest BCUT2D eigenvalue weighted by Gasteiger charge is -2.11. The molecule has 198 valence electrons. The predicted octanol–water partition coefficient (Wildman–Crippen LogP) is 5.12. The zero-order chi connectivity index (χ0) is 26.2. The number of hydrogen-bond acceptors (Lipinski definition) is 9. The molecule has 4 rings (SSSR count). The van der Waals surface area contributed by atoms with E-state index in [0.717, 1.165) is 43.4 Å². The van der Waals surface area contributed by atoms with Crippen molar-refractivity contribution in [1.82, 2.24) is 14.8 Å². The number of carbonyl (C=O) groups is 2. The smallest absolute Gasteiger partial charge is 0.341 e. The lowest BCUT2D eigenvalue weighted by Crippen LogP contribution is -2.17. The van der Waals surface area contributed by atoms with Gasteiger partial charge in [-0.15, -0.1) is 21.5 Å². The van der Waals surface area contributed by atoms with E-state index in [0.29, 0.717) is 33.8 Å². The predicted molar refractivity (Wildman–Crippen MR) is 144 cm³/mol. The Bertz CT molecular complexity index is 1220. The normalized spacial score (nSPS) is 13.3. The van der Waals surface area contributed by atoms with Gasteiger partial charge in [-0.05, 0) is 62.4 Å². The maximum Gasteiger partial charge on any atom is 0.341 e. The van der Waals surface area contributed by atoms with Crippen LogP contribution in [0.3, 0.4) is 0 Å². The Hall–Kier alpha value is -3.05. The molecule has 1 amide bonds. The SMILES string of the molecule is CCn1c(COc2ccc(OC)cc2)nnc1SCC(=O)Nc1sc2c(c1C(=O)OC)CCCCCC2. The zero-order valence-electron chi connectivity index (χ0n) is 21.4. The van der Waals surface area contributed by atoms with Gasteiger partial charge in [-0.1, -0.05) is 24.6 Å². The Kier molecular flexibility index (Phi) is 9.45. The first-order valence-electron chi connectivity index (χ1n) is 12.4. The van der Waals surface area contributed by atoms with E-state index in [1.54, 1.807) is 7.11 Å². The van der Waals surface area contributed by atoms with Gasteiger partial charge in [0.1, 0.15) is 23.1 Å². The lowest BCUT2D eigenvalue weighted by atomic mass is 9.96. The average molecular weight is 545 g/mol. The van der Waals surface area contributed by atoms with E-state index < -0.39 is 5.97 Å². The standard InChI is InChI=1S/C26H32N4O5S2/c1-4-30-21(15-35-18-13-11-17(33-2)12-14-18)28-29-26(30)36-16-22(31)27-24-23(25(32)34-3)19-9-7-5-6-8-10-20(19)37-24/h11-14H,4-10,15-16H2,1-3H3,(H,27,31). The average Bonchev–Trinajstić information content (AvgIpc) is 3.45. The van der Waals surface area contributed by atoms with E-state index >= 15 is 0 Å². The van der Waals surface area contributed by atoms with E-state index in [-0.39, 0.29) is 18.3 Å². The van der Waals surface area contributed by atoms with Crippen LogP contribution in [0.1, 0.15) is 59.2 Å². The first kappa shape index (κ1) is 27.0. The molecule has 0 radical (unpaired) electrons. The quantitative estimate of drug-likeness (QED) is 0.277. The summed E-state index contributed by atoms with van der Waals surface area (Å²) in [6.07, 6.45) is 6.23. The molecule has 1 aliphatic rings. The summed E-state index contributed by atoms with van der Waals surface area (Å²) < 4.78 is 18.0. The molecule has 1 aromatic carbocycles. The van der Waals surface area contributed by atoms with Crippen LogP contribution in [0.2, 0.25) is 0 Å². The summed E-state index contributed by atoms with van der Waals surface area (Å²) in [6, 6.07) is 7.33. The molecule has 2 heterocycles. The Labute approximate surface area is 224 Å². The Balaban J connectivity index is 1.40. The van der Waals surface area contributed by atoms with Gasteiger partial charge in [0.25, 0.3) is 0 Å². The van der Waals surface area contributed by atoms with Crippen LogP contribution in [0.25, 0.3) is 0 Å². The van der Waals surface area contributed by atoms with Crippen LogP contribution < -0.4 is 14.8 Å². The number of anilines is 1. The van der Waals surface area contributed by atoms with Crippen molar-refractivity contribution in [2.24, 2.45) is 0 Å². The molecule has 0 saturated heterocycles. The molecule has 0 unspecified atom stereocenters. The number of methoxy groups -OCH3 is 2. The van der Waals surface area contributed by atoms with Crippen molar-refractivity contribution < 1.29 is 23.8 Å². The van der Waals surface area contributed by atoms with Gasteiger partial charge in [-0.3, -0.25) is 4.79 Å². The molecular weight excluding hydrogens is 512 g/mol. The van der Waals surface area contributed by atoms with E-state index in [9.17, 15) is 9.59 Å². The van der Waals surface area contributed by atoms with Crippen LogP contribution in [-0.2, 0) is 35.5 Å². The van der Waals surface area contributed by atoms with Crippen molar-refractivity contribution >= 4 is 40.0 Å². The molecule has 9 nitrogen and oxygen atoms in total. The topological polar surface area (TPSA) is 105 Å². The van der Waals surface area contributed by atoms with Gasteiger partial charge in [-0.2, -0.15) is 0 Å². The highest BCUT2D eigenvalue weighted by Crippen LogP contribution is 2.37. The largest absolute Gasteiger partial charge is 0.497 e. The second kappa shape index (κ2) is 13.0. The van der Waals surface area contributed by atoms with Gasteiger partial charge in [0.05, 0.1) is 25.5 Å². The highest BCUT2D eigenvalue weighted by atomic mass is 32.2. The number of thioether (sulfide) groups is 1. The minimum atomic E-state index is -0.395. The minimum absolute atomic E-state index is 0.140. The van der Waals surface area contributed by atoms with Crippen LogP contribution in [-0.4, -0.2) is 46.6 Å². The Morgan fingerprint density at radius 2 is 1.78 bits per heavy atom. The molecular formula is C26H32N4O5S2. The number of ether oxygens (including phenoxy) is 3. The molecule has 0 saturated carbocycles. The molecule has 0 spiro atoms. The Morgan fingerprint density at radius 3 is 2.49 bits per heavy atom. The van der Waals surface area contributed by atoms with Gasteiger partial charge in [0.15, 0.2) is 11.0 Å². The maximum atomic E-state index is 12.9. The van der Waals surface area contributed by atoms with Crippen LogP contribution in [0.5, 0.6) is 11.5 Å². The molecule has 0 aliphatic heterocycles. The monoisotopic (exact) mass is 544 g/mol. The van der Waals surface area contributed by atoms with E-state index in [2.05, 4.69) is 15.5 Å². The molecule has 1 aliphatic carbocycles. The molecule has 3 aromatic rings. The second-order valence-corrected chi connectivity index (χ2v) is 10.6. The van der Waals surface area contributed by atoms with E-state index in [1.165, 1.54) is 41.5 Å². The minimum Gasteiger partial charge on any atom is -0.497 e. The van der Waals surface area contributed by atoms with Gasteiger partial charge in [0.2, 0.25) is 5.91 Å². The Morgan fingerprint density at radius 1 is 1.05 bits per heavy atom. The fourth-order valence-corrected chi connectivity index (χ4v) is 6.40. The van der Waals surface area contributed by atoms with Crippen molar-refractivity contribution in [1.29, 1.82) is 0 Å². The zero-order valence-corrected chi connectivity index (χ0v) is 23.0. The number of esters is 1. The number of aromatic nitrogens is 3. The summed E-state index contributed by atoms with van der Waals surface area (Å²) >= 11 is 2.80. The molecule has 37 heavy (non-hydrogen) atoms. The number of fused-ring (bicyclic) bond motifs is 1. The van der Waals surface area contributed by atoms with Gasteiger partial charge < -0.3 is 24.1 Å². The van der Waals surface area contributed by atoms with Crippen LogP contribution in [0.15, 0.2) is 29.4 Å². The number of benzene rings is 1. The summed E-state index contributed by atoms with van der Waals surface area (Å²) in [4.78, 5) is 26.7. The summed E-state index contributed by atoms with van der Waals surface area (Å²) in [5, 5.41) is 12.7. The third-order valence-electron chi connectivity index (χ3n) is 6.18. The van der Waals surface area contributed by atoms with Gasteiger partial charge in [0, 0.05) is 11.4 Å². The fraction of sp³-hybridized carbons (Fsp3) is 0.462. The van der Waals surface area contributed by atoms with Crippen molar-refractivity contribution in [3.63, 3.8) is 0 Å². The molecule has 1 N–H and O–H groups in total. The second-order valence-electron chi connectivity index (χ2n) is 8.56. The number of hydrogen-bond donors (Lipinski definition) is 1. The van der Waals surface area contributed by atoms with Crippen LogP contribution >= 0.6 is 23.1 Å². The highest BCUT2D eigenvalue weighted by Gasteiger charge is 2.26. The van der Waals surface area contributed by atoms with Crippen LogP contribution in [0.4, 0.5) is 5.00 Å². The summed E-state index contributed by atoms with van der Waals surface area (Å²) in [6.45, 7) is 2.89. The highest BCUT2D eigenvalue weighted by molar-refractivity contribution is 7.99. The van der Waals surface area contributed by atoms with Crippen LogP contribution in [0, 0.1) is 0 Å². The number of thiophene rings is 1. The van der Waals surface area contributed by atoms with Gasteiger partial charge in [-0.25, -0.2) is 4.79 Å². The molecule has 0 atom stereocenters. The van der Waals surface area contributed by atoms with E-state index in [1.807, 2.05) is 35.8 Å².